The SMILES string of the molecule is CCSC1CCCC1Nc1nc(Cl)nc(-n2ccnc2)n1. The van der Waals surface area contributed by atoms with E-state index in [0.29, 0.717) is 23.2 Å². The van der Waals surface area contributed by atoms with Gasteiger partial charge in [-0.2, -0.15) is 26.7 Å². The Balaban J connectivity index is 1.79. The van der Waals surface area contributed by atoms with Gasteiger partial charge in [0.05, 0.1) is 0 Å². The van der Waals surface area contributed by atoms with Crippen LogP contribution in [0, 0.1) is 0 Å². The molecule has 0 aromatic carbocycles. The number of nitrogens with one attached hydrogen (secondary N) is 1. The van der Waals surface area contributed by atoms with E-state index in [9.17, 15) is 0 Å². The number of aromatic nitrogens is 5. The molecule has 0 spiro atoms. The van der Waals surface area contributed by atoms with Crippen molar-refractivity contribution in [2.24, 2.45) is 0 Å². The Labute approximate surface area is 132 Å². The molecule has 2 heterocycles. The van der Waals surface area contributed by atoms with E-state index in [2.05, 4.69) is 32.2 Å². The van der Waals surface area contributed by atoms with Crippen LogP contribution in [-0.2, 0) is 0 Å². The molecule has 1 aliphatic rings. The summed E-state index contributed by atoms with van der Waals surface area (Å²) in [7, 11) is 0. The lowest BCUT2D eigenvalue weighted by Gasteiger charge is -2.20. The molecule has 0 saturated heterocycles. The zero-order valence-corrected chi connectivity index (χ0v) is 13.3. The molecule has 8 heteroatoms. The van der Waals surface area contributed by atoms with Gasteiger partial charge in [0, 0.05) is 23.7 Å². The quantitative estimate of drug-likeness (QED) is 0.912. The van der Waals surface area contributed by atoms with Gasteiger partial charge in [-0.1, -0.05) is 13.3 Å². The lowest BCUT2D eigenvalue weighted by molar-refractivity contribution is 0.749. The molecule has 2 atom stereocenters. The van der Waals surface area contributed by atoms with E-state index in [1.165, 1.54) is 12.8 Å². The summed E-state index contributed by atoms with van der Waals surface area (Å²) >= 11 is 8.00. The van der Waals surface area contributed by atoms with Gasteiger partial charge in [-0.05, 0) is 30.2 Å². The summed E-state index contributed by atoms with van der Waals surface area (Å²) in [6, 6.07) is 0.393. The van der Waals surface area contributed by atoms with Crippen LogP contribution in [0.4, 0.5) is 5.95 Å². The van der Waals surface area contributed by atoms with Crippen LogP contribution in [-0.4, -0.2) is 41.5 Å². The maximum atomic E-state index is 6.01. The van der Waals surface area contributed by atoms with E-state index in [4.69, 9.17) is 11.6 Å². The molecule has 1 aliphatic carbocycles. The molecule has 0 radical (unpaired) electrons. The van der Waals surface area contributed by atoms with Gasteiger partial charge in [-0.25, -0.2) is 4.98 Å². The summed E-state index contributed by atoms with van der Waals surface area (Å²) in [6.45, 7) is 2.19. The fraction of sp³-hybridized carbons (Fsp3) is 0.538. The van der Waals surface area contributed by atoms with Crippen LogP contribution in [0.25, 0.3) is 5.95 Å². The number of halogens is 1. The molecule has 2 aromatic heterocycles. The van der Waals surface area contributed by atoms with Gasteiger partial charge < -0.3 is 5.32 Å². The summed E-state index contributed by atoms with van der Waals surface area (Å²) in [5.74, 6) is 2.14. The van der Waals surface area contributed by atoms with Crippen LogP contribution in [0.2, 0.25) is 5.28 Å². The summed E-state index contributed by atoms with van der Waals surface area (Å²) < 4.78 is 1.71. The first-order chi connectivity index (χ1) is 10.3. The van der Waals surface area contributed by atoms with E-state index in [0.717, 1.165) is 12.2 Å². The Morgan fingerprint density at radius 1 is 1.38 bits per heavy atom. The highest BCUT2D eigenvalue weighted by Crippen LogP contribution is 2.31. The van der Waals surface area contributed by atoms with E-state index < -0.39 is 0 Å². The summed E-state index contributed by atoms with van der Waals surface area (Å²) in [6.07, 6.45) is 8.71. The monoisotopic (exact) mass is 324 g/mol. The summed E-state index contributed by atoms with van der Waals surface area (Å²) in [4.78, 5) is 16.7. The van der Waals surface area contributed by atoms with Crippen molar-refractivity contribution in [3.8, 4) is 5.95 Å². The van der Waals surface area contributed by atoms with Crippen molar-refractivity contribution < 1.29 is 0 Å². The van der Waals surface area contributed by atoms with Crippen molar-refractivity contribution in [2.45, 2.75) is 37.5 Å². The second-order valence-corrected chi connectivity index (χ2v) is 6.73. The predicted octanol–water partition coefficient (Wildman–Crippen LogP) is 2.80. The molecule has 1 fully saturated rings. The second-order valence-electron chi connectivity index (χ2n) is 4.87. The lowest BCUT2D eigenvalue weighted by atomic mass is 10.2. The molecular formula is C13H17ClN6S. The second kappa shape index (κ2) is 6.62. The average molecular weight is 325 g/mol. The molecule has 2 aromatic rings. The number of nitrogens with zero attached hydrogens (tertiary/aromatic N) is 5. The largest absolute Gasteiger partial charge is 0.350 e. The minimum Gasteiger partial charge on any atom is -0.350 e. The Hall–Kier alpha value is -1.34. The fourth-order valence-corrected chi connectivity index (χ4v) is 3.92. The Morgan fingerprint density at radius 3 is 3.05 bits per heavy atom. The number of anilines is 1. The highest BCUT2D eigenvalue weighted by molar-refractivity contribution is 7.99. The maximum absolute atomic E-state index is 6.01. The van der Waals surface area contributed by atoms with Crippen molar-refractivity contribution in [2.75, 3.05) is 11.1 Å². The van der Waals surface area contributed by atoms with Gasteiger partial charge in [0.25, 0.3) is 0 Å². The third-order valence-corrected chi connectivity index (χ3v) is 4.97. The van der Waals surface area contributed by atoms with Crippen molar-refractivity contribution in [1.82, 2.24) is 24.5 Å². The number of rotatable bonds is 5. The normalized spacial score (nSPS) is 21.6. The molecule has 0 bridgehead atoms. The molecule has 0 aliphatic heterocycles. The lowest BCUT2D eigenvalue weighted by Crippen LogP contribution is -2.27. The number of imidazole rings is 1. The first kappa shape index (κ1) is 14.6. The summed E-state index contributed by atoms with van der Waals surface area (Å²) in [5.41, 5.74) is 0. The molecule has 2 unspecified atom stereocenters. The van der Waals surface area contributed by atoms with Crippen LogP contribution in [0.3, 0.4) is 0 Å². The van der Waals surface area contributed by atoms with Gasteiger partial charge >= 0.3 is 0 Å². The molecule has 3 rings (SSSR count). The van der Waals surface area contributed by atoms with Crippen LogP contribution in [0.15, 0.2) is 18.7 Å². The van der Waals surface area contributed by atoms with Crippen molar-refractivity contribution in [1.29, 1.82) is 0 Å². The first-order valence-corrected chi connectivity index (χ1v) is 8.47. The van der Waals surface area contributed by atoms with Crippen LogP contribution in [0.1, 0.15) is 26.2 Å². The topological polar surface area (TPSA) is 68.5 Å². The van der Waals surface area contributed by atoms with Crippen LogP contribution < -0.4 is 5.32 Å². The van der Waals surface area contributed by atoms with Gasteiger partial charge in [0.1, 0.15) is 6.33 Å². The molecule has 112 valence electrons. The van der Waals surface area contributed by atoms with Crippen LogP contribution >= 0.6 is 23.4 Å². The van der Waals surface area contributed by atoms with Crippen molar-refractivity contribution in [3.63, 3.8) is 0 Å². The number of hydrogen-bond donors (Lipinski definition) is 1. The Kier molecular flexibility index (Phi) is 4.60. The molecule has 1 N–H and O–H groups in total. The smallest absolute Gasteiger partial charge is 0.241 e. The standard InChI is InChI=1S/C13H17ClN6S/c1-2-21-10-5-3-4-9(10)16-12-17-11(14)18-13(19-12)20-7-6-15-8-20/h6-10H,2-5H2,1H3,(H,16,17,18,19). The molecule has 21 heavy (non-hydrogen) atoms. The highest BCUT2D eigenvalue weighted by Gasteiger charge is 2.27. The zero-order chi connectivity index (χ0) is 14.7. The first-order valence-electron chi connectivity index (χ1n) is 7.04. The predicted molar refractivity (Wildman–Crippen MR) is 85.1 cm³/mol. The third-order valence-electron chi connectivity index (χ3n) is 3.48. The fourth-order valence-electron chi connectivity index (χ4n) is 2.57. The Bertz CT molecular complexity index is 590. The highest BCUT2D eigenvalue weighted by atomic mass is 35.5. The minimum atomic E-state index is 0.189. The van der Waals surface area contributed by atoms with Crippen molar-refractivity contribution in [3.05, 3.63) is 24.0 Å². The summed E-state index contributed by atoms with van der Waals surface area (Å²) in [5, 5.41) is 4.22. The van der Waals surface area contributed by atoms with E-state index in [1.807, 2.05) is 11.8 Å². The molecule has 1 saturated carbocycles. The zero-order valence-electron chi connectivity index (χ0n) is 11.7. The van der Waals surface area contributed by atoms with Gasteiger partial charge in [0.2, 0.25) is 17.2 Å². The van der Waals surface area contributed by atoms with Gasteiger partial charge in [0.15, 0.2) is 0 Å². The van der Waals surface area contributed by atoms with E-state index in [-0.39, 0.29) is 5.28 Å². The van der Waals surface area contributed by atoms with Gasteiger partial charge in [-0.3, -0.25) is 4.57 Å². The van der Waals surface area contributed by atoms with Crippen molar-refractivity contribution >= 4 is 29.3 Å². The van der Waals surface area contributed by atoms with Crippen LogP contribution in [0.5, 0.6) is 0 Å². The molecule has 0 amide bonds. The number of thioether (sulfide) groups is 1. The van der Waals surface area contributed by atoms with E-state index >= 15 is 0 Å². The van der Waals surface area contributed by atoms with E-state index in [1.54, 1.807) is 23.3 Å². The average Bonchev–Trinajstić information content (AvgIpc) is 3.11. The molecular weight excluding hydrogens is 308 g/mol. The molecule has 6 nitrogen and oxygen atoms in total. The van der Waals surface area contributed by atoms with Gasteiger partial charge in [-0.15, -0.1) is 0 Å². The third kappa shape index (κ3) is 3.47. The minimum absolute atomic E-state index is 0.189. The Morgan fingerprint density at radius 2 is 2.29 bits per heavy atom. The number of hydrogen-bond acceptors (Lipinski definition) is 6. The maximum Gasteiger partial charge on any atom is 0.241 e.